The molecule has 3 rings (SSSR count). The molecule has 6 heteroatoms. The fourth-order valence-corrected chi connectivity index (χ4v) is 2.57. The van der Waals surface area contributed by atoms with Crippen molar-refractivity contribution in [3.05, 3.63) is 35.7 Å². The van der Waals surface area contributed by atoms with Crippen molar-refractivity contribution in [3.63, 3.8) is 0 Å². The first kappa shape index (κ1) is 12.7. The van der Waals surface area contributed by atoms with E-state index in [4.69, 9.17) is 4.74 Å². The Hall–Kier alpha value is -2.37. The Morgan fingerprint density at radius 2 is 2.35 bits per heavy atom. The fourth-order valence-electron chi connectivity index (χ4n) is 2.57. The van der Waals surface area contributed by atoms with Crippen LogP contribution < -0.4 is 10.1 Å². The number of hydrogen-bond donors (Lipinski definition) is 1. The van der Waals surface area contributed by atoms with E-state index in [1.807, 2.05) is 18.2 Å². The molecule has 1 aliphatic rings. The van der Waals surface area contributed by atoms with Crippen LogP contribution in [0.4, 0.5) is 5.95 Å². The molecule has 2 aromatic rings. The number of benzene rings is 1. The number of aromatic nitrogens is 3. The average Bonchev–Trinajstić information content (AvgIpc) is 3.04. The van der Waals surface area contributed by atoms with Crippen molar-refractivity contribution < 1.29 is 9.53 Å². The lowest BCUT2D eigenvalue weighted by Gasteiger charge is -2.12. The third-order valence-electron chi connectivity index (χ3n) is 3.69. The van der Waals surface area contributed by atoms with Crippen molar-refractivity contribution in [1.29, 1.82) is 0 Å². The van der Waals surface area contributed by atoms with E-state index in [2.05, 4.69) is 15.5 Å². The molecule has 104 valence electrons. The predicted octanol–water partition coefficient (Wildman–Crippen LogP) is 1.49. The van der Waals surface area contributed by atoms with Crippen LogP contribution in [0.1, 0.15) is 23.5 Å². The van der Waals surface area contributed by atoms with Gasteiger partial charge in [-0.1, -0.05) is 6.07 Å². The summed E-state index contributed by atoms with van der Waals surface area (Å²) in [6.45, 7) is 0. The molecule has 0 aliphatic heterocycles. The van der Waals surface area contributed by atoms with Crippen LogP contribution in [0.15, 0.2) is 24.5 Å². The summed E-state index contributed by atoms with van der Waals surface area (Å²) < 4.78 is 6.91. The molecule has 1 unspecified atom stereocenters. The summed E-state index contributed by atoms with van der Waals surface area (Å²) >= 11 is 0. The van der Waals surface area contributed by atoms with E-state index in [1.165, 1.54) is 5.56 Å². The maximum Gasteiger partial charge on any atom is 0.234 e. The number of aryl methyl sites for hydroxylation is 2. The molecule has 0 fully saturated rings. The van der Waals surface area contributed by atoms with E-state index in [9.17, 15) is 4.79 Å². The Labute approximate surface area is 116 Å². The van der Waals surface area contributed by atoms with Crippen LogP contribution in [0.5, 0.6) is 5.75 Å². The van der Waals surface area contributed by atoms with E-state index in [0.717, 1.165) is 24.2 Å². The molecule has 0 bridgehead atoms. The summed E-state index contributed by atoms with van der Waals surface area (Å²) in [5.41, 5.74) is 2.26. The minimum atomic E-state index is -0.156. The normalized spacial score (nSPS) is 16.8. The zero-order valence-electron chi connectivity index (χ0n) is 11.5. The summed E-state index contributed by atoms with van der Waals surface area (Å²) in [6.07, 6.45) is 3.28. The lowest BCUT2D eigenvalue weighted by atomic mass is 10.0. The van der Waals surface area contributed by atoms with Gasteiger partial charge in [-0.3, -0.25) is 10.1 Å². The smallest absolute Gasteiger partial charge is 0.234 e. The third kappa shape index (κ3) is 2.13. The first-order valence-corrected chi connectivity index (χ1v) is 6.50. The number of anilines is 1. The van der Waals surface area contributed by atoms with E-state index >= 15 is 0 Å². The van der Waals surface area contributed by atoms with Crippen LogP contribution in [-0.4, -0.2) is 27.8 Å². The number of hydrogen-bond acceptors (Lipinski definition) is 4. The Bertz CT molecular complexity index is 650. The van der Waals surface area contributed by atoms with Gasteiger partial charge in [0.25, 0.3) is 0 Å². The molecule has 0 radical (unpaired) electrons. The minimum absolute atomic E-state index is 0.0481. The molecule has 1 atom stereocenters. The molecule has 1 amide bonds. The first-order chi connectivity index (χ1) is 9.69. The molecule has 1 aliphatic carbocycles. The molecule has 1 heterocycles. The van der Waals surface area contributed by atoms with Crippen LogP contribution in [-0.2, 0) is 18.3 Å². The van der Waals surface area contributed by atoms with Gasteiger partial charge in [0.05, 0.1) is 13.0 Å². The Balaban J connectivity index is 1.83. The third-order valence-corrected chi connectivity index (χ3v) is 3.69. The molecule has 6 nitrogen and oxygen atoms in total. The summed E-state index contributed by atoms with van der Waals surface area (Å²) in [6, 6.07) is 5.91. The number of rotatable bonds is 3. The van der Waals surface area contributed by atoms with E-state index in [-0.39, 0.29) is 11.8 Å². The van der Waals surface area contributed by atoms with Crippen molar-refractivity contribution in [3.8, 4) is 5.75 Å². The largest absolute Gasteiger partial charge is 0.497 e. The van der Waals surface area contributed by atoms with Crippen molar-refractivity contribution in [1.82, 2.24) is 14.8 Å². The van der Waals surface area contributed by atoms with Gasteiger partial charge in [0.15, 0.2) is 0 Å². The second-order valence-corrected chi connectivity index (χ2v) is 4.91. The minimum Gasteiger partial charge on any atom is -0.497 e. The topological polar surface area (TPSA) is 69.0 Å². The standard InChI is InChI=1S/C14H16N4O2/c1-18-8-15-17-14(18)16-13(19)11-6-4-9-3-5-10(20-2)7-12(9)11/h3,5,7-8,11H,4,6H2,1-2H3,(H,16,17,19). The van der Waals surface area contributed by atoms with E-state index < -0.39 is 0 Å². The van der Waals surface area contributed by atoms with Gasteiger partial charge in [0.2, 0.25) is 11.9 Å². The molecule has 20 heavy (non-hydrogen) atoms. The number of nitrogens with one attached hydrogen (secondary N) is 1. The maximum atomic E-state index is 12.4. The molecule has 1 aromatic carbocycles. The zero-order chi connectivity index (χ0) is 14.1. The number of methoxy groups -OCH3 is 1. The second kappa shape index (κ2) is 4.96. The summed E-state index contributed by atoms with van der Waals surface area (Å²) in [7, 11) is 3.42. The van der Waals surface area contributed by atoms with Crippen molar-refractivity contribution in [2.75, 3.05) is 12.4 Å². The average molecular weight is 272 g/mol. The fraction of sp³-hybridized carbons (Fsp3) is 0.357. The van der Waals surface area contributed by atoms with Crippen LogP contribution in [0.3, 0.4) is 0 Å². The highest BCUT2D eigenvalue weighted by Gasteiger charge is 2.29. The van der Waals surface area contributed by atoms with Crippen LogP contribution in [0, 0.1) is 0 Å². The highest BCUT2D eigenvalue weighted by atomic mass is 16.5. The quantitative estimate of drug-likeness (QED) is 0.919. The first-order valence-electron chi connectivity index (χ1n) is 6.50. The number of carbonyl (C=O) groups excluding carboxylic acids is 1. The maximum absolute atomic E-state index is 12.4. The van der Waals surface area contributed by atoms with E-state index in [1.54, 1.807) is 25.1 Å². The molecule has 0 saturated heterocycles. The van der Waals surface area contributed by atoms with Gasteiger partial charge in [-0.05, 0) is 36.1 Å². The van der Waals surface area contributed by atoms with Crippen LogP contribution in [0.2, 0.25) is 0 Å². The predicted molar refractivity (Wildman–Crippen MR) is 73.7 cm³/mol. The summed E-state index contributed by atoms with van der Waals surface area (Å²) in [5.74, 6) is 1.04. The number of amides is 1. The van der Waals surface area contributed by atoms with Gasteiger partial charge in [0.1, 0.15) is 12.1 Å². The van der Waals surface area contributed by atoms with Gasteiger partial charge in [-0.25, -0.2) is 0 Å². The lowest BCUT2D eigenvalue weighted by Crippen LogP contribution is -2.21. The van der Waals surface area contributed by atoms with Gasteiger partial charge in [-0.2, -0.15) is 0 Å². The Morgan fingerprint density at radius 1 is 1.50 bits per heavy atom. The van der Waals surface area contributed by atoms with Crippen LogP contribution in [0.25, 0.3) is 0 Å². The number of ether oxygens (including phenoxy) is 1. The monoisotopic (exact) mass is 272 g/mol. The zero-order valence-corrected chi connectivity index (χ0v) is 11.5. The van der Waals surface area contributed by atoms with Crippen molar-refractivity contribution in [2.45, 2.75) is 18.8 Å². The second-order valence-electron chi connectivity index (χ2n) is 4.91. The van der Waals surface area contributed by atoms with E-state index in [0.29, 0.717) is 5.95 Å². The van der Waals surface area contributed by atoms with Gasteiger partial charge in [0, 0.05) is 7.05 Å². The SMILES string of the molecule is COc1ccc2c(c1)C(C(=O)Nc1nncn1C)CC2. The number of fused-ring (bicyclic) bond motifs is 1. The molecule has 0 spiro atoms. The van der Waals surface area contributed by atoms with Gasteiger partial charge >= 0.3 is 0 Å². The molecule has 1 N–H and O–H groups in total. The molecular formula is C14H16N4O2. The highest BCUT2D eigenvalue weighted by Crippen LogP contribution is 2.36. The lowest BCUT2D eigenvalue weighted by molar-refractivity contribution is -0.117. The Morgan fingerprint density at radius 3 is 3.05 bits per heavy atom. The summed E-state index contributed by atoms with van der Waals surface area (Å²) in [4.78, 5) is 12.4. The molecule has 0 saturated carbocycles. The van der Waals surface area contributed by atoms with Crippen LogP contribution >= 0.6 is 0 Å². The highest BCUT2D eigenvalue weighted by molar-refractivity contribution is 5.95. The van der Waals surface area contributed by atoms with Crippen molar-refractivity contribution >= 4 is 11.9 Å². The molecular weight excluding hydrogens is 256 g/mol. The Kier molecular flexibility index (Phi) is 3.14. The number of nitrogens with zero attached hydrogens (tertiary/aromatic N) is 3. The van der Waals surface area contributed by atoms with Gasteiger partial charge < -0.3 is 9.30 Å². The summed E-state index contributed by atoms with van der Waals surface area (Å²) in [5, 5.41) is 10.4. The van der Waals surface area contributed by atoms with Crippen molar-refractivity contribution in [2.24, 2.45) is 7.05 Å². The molecule has 1 aromatic heterocycles. The number of carbonyl (C=O) groups is 1. The van der Waals surface area contributed by atoms with Gasteiger partial charge in [-0.15, -0.1) is 10.2 Å².